The van der Waals surface area contributed by atoms with Gasteiger partial charge in [-0.1, -0.05) is 46.3 Å². The molecule has 0 saturated carbocycles. The van der Waals surface area contributed by atoms with Crippen molar-refractivity contribution in [1.29, 1.82) is 0 Å². The van der Waals surface area contributed by atoms with Gasteiger partial charge in [0.15, 0.2) is 5.78 Å². The van der Waals surface area contributed by atoms with Crippen molar-refractivity contribution in [3.8, 4) is 0 Å². The Labute approximate surface area is 115 Å². The van der Waals surface area contributed by atoms with Crippen molar-refractivity contribution >= 4 is 27.4 Å². The summed E-state index contributed by atoms with van der Waals surface area (Å²) < 4.78 is 0.906. The van der Waals surface area contributed by atoms with Gasteiger partial charge in [-0.05, 0) is 25.1 Å². The molecule has 0 unspecified atom stereocenters. The average molecular weight is 304 g/mol. The predicted octanol–water partition coefficient (Wildman–Crippen LogP) is 4.11. The monoisotopic (exact) mass is 303 g/mol. The number of rotatable bonds is 4. The van der Waals surface area contributed by atoms with E-state index in [0.29, 0.717) is 11.1 Å². The summed E-state index contributed by atoms with van der Waals surface area (Å²) in [5, 5.41) is 3.21. The lowest BCUT2D eigenvalue weighted by Gasteiger charge is -2.10. The van der Waals surface area contributed by atoms with Crippen molar-refractivity contribution < 1.29 is 4.79 Å². The standard InChI is InChI=1S/C15H14BrNO/c1-2-17-14-9-8-12(16)10-13(14)15(18)11-6-4-3-5-7-11/h3-10,17H,2H2,1H3. The summed E-state index contributed by atoms with van der Waals surface area (Å²) in [6, 6.07) is 15.0. The first kappa shape index (κ1) is 12.8. The van der Waals surface area contributed by atoms with E-state index in [2.05, 4.69) is 21.2 Å². The summed E-state index contributed by atoms with van der Waals surface area (Å²) in [6.45, 7) is 2.80. The van der Waals surface area contributed by atoms with E-state index in [0.717, 1.165) is 16.7 Å². The fourth-order valence-corrected chi connectivity index (χ4v) is 2.16. The van der Waals surface area contributed by atoms with Crippen LogP contribution in [0.3, 0.4) is 0 Å². The van der Waals surface area contributed by atoms with E-state index < -0.39 is 0 Å². The molecule has 18 heavy (non-hydrogen) atoms. The number of carbonyl (C=O) groups is 1. The van der Waals surface area contributed by atoms with Crippen LogP contribution in [0.15, 0.2) is 53.0 Å². The molecule has 0 radical (unpaired) electrons. The topological polar surface area (TPSA) is 29.1 Å². The van der Waals surface area contributed by atoms with Gasteiger partial charge < -0.3 is 5.32 Å². The van der Waals surface area contributed by atoms with Gasteiger partial charge in [-0.15, -0.1) is 0 Å². The highest BCUT2D eigenvalue weighted by Crippen LogP contribution is 2.23. The van der Waals surface area contributed by atoms with Crippen molar-refractivity contribution in [3.63, 3.8) is 0 Å². The van der Waals surface area contributed by atoms with Crippen LogP contribution in [0.5, 0.6) is 0 Å². The van der Waals surface area contributed by atoms with Gasteiger partial charge in [0.2, 0.25) is 0 Å². The number of ketones is 1. The van der Waals surface area contributed by atoms with E-state index in [1.165, 1.54) is 0 Å². The SMILES string of the molecule is CCNc1ccc(Br)cc1C(=O)c1ccccc1. The van der Waals surface area contributed by atoms with Gasteiger partial charge in [0, 0.05) is 27.8 Å². The van der Waals surface area contributed by atoms with E-state index in [-0.39, 0.29) is 5.78 Å². The Kier molecular flexibility index (Phi) is 4.15. The Balaban J connectivity index is 2.43. The molecule has 3 heteroatoms. The van der Waals surface area contributed by atoms with Crippen molar-refractivity contribution in [2.24, 2.45) is 0 Å². The minimum absolute atomic E-state index is 0.0350. The fraction of sp³-hybridized carbons (Fsp3) is 0.133. The average Bonchev–Trinajstić information content (AvgIpc) is 2.41. The summed E-state index contributed by atoms with van der Waals surface area (Å²) >= 11 is 3.41. The number of hydrogen-bond acceptors (Lipinski definition) is 2. The number of hydrogen-bond donors (Lipinski definition) is 1. The molecule has 2 nitrogen and oxygen atoms in total. The molecule has 0 aromatic heterocycles. The molecule has 0 aliphatic carbocycles. The molecule has 0 aliphatic heterocycles. The Morgan fingerprint density at radius 1 is 1.17 bits per heavy atom. The van der Waals surface area contributed by atoms with Crippen LogP contribution in [0.2, 0.25) is 0 Å². The largest absolute Gasteiger partial charge is 0.385 e. The maximum atomic E-state index is 12.4. The summed E-state index contributed by atoms with van der Waals surface area (Å²) in [4.78, 5) is 12.4. The number of anilines is 1. The highest BCUT2D eigenvalue weighted by molar-refractivity contribution is 9.10. The van der Waals surface area contributed by atoms with Gasteiger partial charge >= 0.3 is 0 Å². The lowest BCUT2D eigenvalue weighted by atomic mass is 10.0. The maximum Gasteiger partial charge on any atom is 0.195 e. The van der Waals surface area contributed by atoms with Crippen LogP contribution in [-0.2, 0) is 0 Å². The number of halogens is 1. The van der Waals surface area contributed by atoms with Crippen molar-refractivity contribution in [1.82, 2.24) is 0 Å². The Hall–Kier alpha value is -1.61. The molecule has 2 aromatic carbocycles. The van der Waals surface area contributed by atoms with Crippen molar-refractivity contribution in [2.75, 3.05) is 11.9 Å². The quantitative estimate of drug-likeness (QED) is 0.861. The van der Waals surface area contributed by atoms with Gasteiger partial charge in [-0.3, -0.25) is 4.79 Å². The first-order chi connectivity index (χ1) is 8.72. The van der Waals surface area contributed by atoms with Crippen LogP contribution < -0.4 is 5.32 Å². The maximum absolute atomic E-state index is 12.4. The van der Waals surface area contributed by atoms with Gasteiger partial charge in [0.1, 0.15) is 0 Å². The molecule has 0 heterocycles. The zero-order valence-electron chi connectivity index (χ0n) is 10.1. The van der Waals surface area contributed by atoms with Crippen molar-refractivity contribution in [3.05, 3.63) is 64.1 Å². The van der Waals surface area contributed by atoms with Crippen LogP contribution in [0.1, 0.15) is 22.8 Å². The summed E-state index contributed by atoms with van der Waals surface area (Å²) in [5.74, 6) is 0.0350. The Morgan fingerprint density at radius 2 is 1.89 bits per heavy atom. The second kappa shape index (κ2) is 5.83. The van der Waals surface area contributed by atoms with Crippen LogP contribution in [0.25, 0.3) is 0 Å². The summed E-state index contributed by atoms with van der Waals surface area (Å²) in [6.07, 6.45) is 0. The molecule has 0 amide bonds. The third-order valence-corrected chi connectivity index (χ3v) is 3.12. The first-order valence-corrected chi connectivity index (χ1v) is 6.65. The third kappa shape index (κ3) is 2.79. The molecular formula is C15H14BrNO. The molecule has 0 spiro atoms. The van der Waals surface area contributed by atoms with Gasteiger partial charge in [-0.2, -0.15) is 0 Å². The highest BCUT2D eigenvalue weighted by Gasteiger charge is 2.13. The molecule has 2 rings (SSSR count). The summed E-state index contributed by atoms with van der Waals surface area (Å²) in [5.41, 5.74) is 2.27. The normalized spacial score (nSPS) is 10.1. The van der Waals surface area contributed by atoms with E-state index in [4.69, 9.17) is 0 Å². The zero-order valence-corrected chi connectivity index (χ0v) is 11.7. The van der Waals surface area contributed by atoms with Crippen LogP contribution >= 0.6 is 15.9 Å². The van der Waals surface area contributed by atoms with Crippen LogP contribution in [0.4, 0.5) is 5.69 Å². The highest BCUT2D eigenvalue weighted by atomic mass is 79.9. The lowest BCUT2D eigenvalue weighted by Crippen LogP contribution is -2.07. The zero-order chi connectivity index (χ0) is 13.0. The molecule has 0 aliphatic rings. The third-order valence-electron chi connectivity index (χ3n) is 2.63. The molecule has 1 N–H and O–H groups in total. The molecular weight excluding hydrogens is 290 g/mol. The Bertz CT molecular complexity index is 552. The fourth-order valence-electron chi connectivity index (χ4n) is 1.79. The molecule has 0 atom stereocenters. The lowest BCUT2D eigenvalue weighted by molar-refractivity contribution is 0.103. The molecule has 0 fully saturated rings. The van der Waals surface area contributed by atoms with Crippen LogP contribution in [0, 0.1) is 0 Å². The summed E-state index contributed by atoms with van der Waals surface area (Å²) in [7, 11) is 0. The predicted molar refractivity (Wildman–Crippen MR) is 78.2 cm³/mol. The smallest absolute Gasteiger partial charge is 0.195 e. The molecule has 0 bridgehead atoms. The molecule has 0 saturated heterocycles. The van der Waals surface area contributed by atoms with Crippen molar-refractivity contribution in [2.45, 2.75) is 6.92 Å². The van der Waals surface area contributed by atoms with Gasteiger partial charge in [0.25, 0.3) is 0 Å². The molecule has 92 valence electrons. The van der Waals surface area contributed by atoms with E-state index in [9.17, 15) is 4.79 Å². The second-order valence-corrected chi connectivity index (χ2v) is 4.83. The molecule has 2 aromatic rings. The van der Waals surface area contributed by atoms with E-state index in [1.54, 1.807) is 0 Å². The number of benzene rings is 2. The minimum atomic E-state index is 0.0350. The minimum Gasteiger partial charge on any atom is -0.385 e. The Morgan fingerprint density at radius 3 is 2.56 bits per heavy atom. The van der Waals surface area contributed by atoms with Crippen LogP contribution in [-0.4, -0.2) is 12.3 Å². The van der Waals surface area contributed by atoms with E-state index in [1.807, 2.05) is 55.5 Å². The number of nitrogens with one attached hydrogen (secondary N) is 1. The van der Waals surface area contributed by atoms with Gasteiger partial charge in [-0.25, -0.2) is 0 Å². The first-order valence-electron chi connectivity index (χ1n) is 5.85. The van der Waals surface area contributed by atoms with E-state index >= 15 is 0 Å². The number of carbonyl (C=O) groups excluding carboxylic acids is 1. The second-order valence-electron chi connectivity index (χ2n) is 3.92. The van der Waals surface area contributed by atoms with Gasteiger partial charge in [0.05, 0.1) is 0 Å².